The van der Waals surface area contributed by atoms with Gasteiger partial charge in [0.1, 0.15) is 12.2 Å². The Labute approximate surface area is 140 Å². The third kappa shape index (κ3) is 5.07. The molecule has 0 bridgehead atoms. The molecule has 1 fully saturated rings. The molecule has 1 saturated heterocycles. The fraction of sp³-hybridized carbons (Fsp3) is 0.636. The van der Waals surface area contributed by atoms with Gasteiger partial charge in [-0.1, -0.05) is 0 Å². The van der Waals surface area contributed by atoms with Crippen LogP contribution in [0.25, 0.3) is 0 Å². The number of aromatic nitrogens is 2. The highest BCUT2D eigenvalue weighted by Gasteiger charge is 2.44. The van der Waals surface area contributed by atoms with E-state index in [2.05, 4.69) is 0 Å². The first-order chi connectivity index (χ1) is 11.4. The minimum atomic E-state index is -4.77. The number of rotatable bonds is 6. The van der Waals surface area contributed by atoms with Crippen LogP contribution in [0.15, 0.2) is 21.9 Å². The van der Waals surface area contributed by atoms with E-state index in [9.17, 15) is 32.8 Å². The van der Waals surface area contributed by atoms with Crippen LogP contribution in [0.4, 0.5) is 0 Å². The molecule has 142 valence electrons. The second-order valence-corrected chi connectivity index (χ2v) is 9.85. The van der Waals surface area contributed by atoms with E-state index in [1.807, 2.05) is 4.98 Å². The summed E-state index contributed by atoms with van der Waals surface area (Å²) in [5.41, 5.74) is -2.90. The molecule has 0 amide bonds. The zero-order valence-corrected chi connectivity index (χ0v) is 14.3. The van der Waals surface area contributed by atoms with Crippen LogP contribution in [0.3, 0.4) is 0 Å². The van der Waals surface area contributed by atoms with Crippen LogP contribution >= 0.6 is 7.60 Å². The van der Waals surface area contributed by atoms with Gasteiger partial charge in [-0.3, -0.25) is 18.9 Å². The molecule has 1 aliphatic heterocycles. The van der Waals surface area contributed by atoms with Gasteiger partial charge in [0.25, 0.3) is 5.56 Å². The number of aliphatic hydroxyl groups excluding tert-OH is 2. The van der Waals surface area contributed by atoms with Gasteiger partial charge in [-0.2, -0.15) is 0 Å². The fourth-order valence-electron chi connectivity index (χ4n) is 2.44. The molecule has 4 atom stereocenters. The molecule has 0 radical (unpaired) electrons. The first-order valence-electron chi connectivity index (χ1n) is 6.98. The summed E-state index contributed by atoms with van der Waals surface area (Å²) in [5, 5.41) is 19.9. The highest BCUT2D eigenvalue weighted by atomic mass is 32.2. The maximum atomic E-state index is 11.7. The van der Waals surface area contributed by atoms with Crippen LogP contribution in [-0.2, 0) is 19.1 Å². The quantitative estimate of drug-likeness (QED) is 0.309. The van der Waals surface area contributed by atoms with Gasteiger partial charge >= 0.3 is 13.3 Å². The average Bonchev–Trinajstić information content (AvgIpc) is 2.71. The van der Waals surface area contributed by atoms with Crippen LogP contribution in [0.1, 0.15) is 12.6 Å². The smallest absolute Gasteiger partial charge is 0.340 e. The van der Waals surface area contributed by atoms with Crippen molar-refractivity contribution in [2.75, 3.05) is 11.2 Å². The standard InChI is InChI=1S/C11H17N2O10PS/c14-7-1-3-13(11(17)12-7)10-9(16)8(15)6(23-10)2-4-25(21,22)5-24(18,19)20/h1,3,6,8-10,15-16H,2,4-5H2,(H,12,14,17)(H2,18,19,20)/t6-,8-,9-,10-/m1/s1. The number of H-pyrrole nitrogens is 1. The number of aromatic amines is 1. The van der Waals surface area contributed by atoms with Crippen molar-refractivity contribution in [1.29, 1.82) is 0 Å². The summed E-state index contributed by atoms with van der Waals surface area (Å²) >= 11 is 0. The molecule has 5 N–H and O–H groups in total. The van der Waals surface area contributed by atoms with E-state index in [0.717, 1.165) is 16.8 Å². The van der Waals surface area contributed by atoms with Crippen LogP contribution in [0, 0.1) is 0 Å². The molecule has 2 heterocycles. The molecule has 1 aromatic heterocycles. The van der Waals surface area contributed by atoms with E-state index in [1.54, 1.807) is 0 Å². The van der Waals surface area contributed by atoms with E-state index < -0.39 is 64.5 Å². The summed E-state index contributed by atoms with van der Waals surface area (Å²) in [6.45, 7) is 0. The fourth-order valence-corrected chi connectivity index (χ4v) is 5.60. The van der Waals surface area contributed by atoms with Gasteiger partial charge in [0.2, 0.25) is 0 Å². The van der Waals surface area contributed by atoms with E-state index in [4.69, 9.17) is 14.5 Å². The van der Waals surface area contributed by atoms with E-state index in [-0.39, 0.29) is 6.42 Å². The van der Waals surface area contributed by atoms with Gasteiger partial charge in [-0.25, -0.2) is 13.2 Å². The van der Waals surface area contributed by atoms with Crippen molar-refractivity contribution in [3.05, 3.63) is 33.1 Å². The summed E-state index contributed by atoms with van der Waals surface area (Å²) in [4.78, 5) is 42.2. The van der Waals surface area contributed by atoms with Gasteiger partial charge in [-0.15, -0.1) is 0 Å². The normalized spacial score (nSPS) is 27.5. The van der Waals surface area contributed by atoms with E-state index in [0.29, 0.717) is 0 Å². The topological polar surface area (TPSA) is 196 Å². The van der Waals surface area contributed by atoms with Crippen molar-refractivity contribution in [2.45, 2.75) is 31.0 Å². The number of nitrogens with one attached hydrogen (secondary N) is 1. The zero-order valence-electron chi connectivity index (χ0n) is 12.6. The molecule has 0 saturated carbocycles. The van der Waals surface area contributed by atoms with Crippen molar-refractivity contribution in [3.8, 4) is 0 Å². The summed E-state index contributed by atoms with van der Waals surface area (Å²) in [6, 6.07) is 1.00. The van der Waals surface area contributed by atoms with Gasteiger partial charge in [0, 0.05) is 12.3 Å². The van der Waals surface area contributed by atoms with Crippen LogP contribution < -0.4 is 11.2 Å². The number of hydrogen-bond acceptors (Lipinski definition) is 8. The third-order valence-electron chi connectivity index (χ3n) is 3.54. The molecule has 25 heavy (non-hydrogen) atoms. The number of nitrogens with zero attached hydrogens (tertiary/aromatic N) is 1. The second kappa shape index (κ2) is 7.11. The molecule has 0 aliphatic carbocycles. The molecule has 12 nitrogen and oxygen atoms in total. The first-order valence-corrected chi connectivity index (χ1v) is 10.6. The lowest BCUT2D eigenvalue weighted by molar-refractivity contribution is -0.0402. The summed E-state index contributed by atoms with van der Waals surface area (Å²) in [7, 11) is -8.88. The molecule has 1 aliphatic rings. The zero-order chi connectivity index (χ0) is 19.0. The summed E-state index contributed by atoms with van der Waals surface area (Å²) in [5.74, 6) is -0.695. The number of aliphatic hydroxyl groups is 2. The van der Waals surface area contributed by atoms with Gasteiger partial charge in [0.05, 0.1) is 11.9 Å². The molecule has 0 unspecified atom stereocenters. The maximum Gasteiger partial charge on any atom is 0.340 e. The predicted octanol–water partition coefficient (Wildman–Crippen LogP) is -2.90. The van der Waals surface area contributed by atoms with Crippen molar-refractivity contribution < 1.29 is 37.7 Å². The molecule has 0 aromatic carbocycles. The third-order valence-corrected chi connectivity index (χ3v) is 7.32. The maximum absolute atomic E-state index is 11.7. The second-order valence-electron chi connectivity index (χ2n) is 5.59. The summed E-state index contributed by atoms with van der Waals surface area (Å²) < 4.78 is 40.2. The first kappa shape index (κ1) is 20.0. The Hall–Kier alpha value is -1.34. The van der Waals surface area contributed by atoms with Crippen molar-refractivity contribution in [1.82, 2.24) is 9.55 Å². The average molecular weight is 400 g/mol. The highest BCUT2D eigenvalue weighted by molar-refractivity contribution is 7.97. The Morgan fingerprint density at radius 2 is 1.88 bits per heavy atom. The summed E-state index contributed by atoms with van der Waals surface area (Å²) in [6.07, 6.45) is -4.95. The Bertz CT molecular complexity index is 887. The lowest BCUT2D eigenvalue weighted by Crippen LogP contribution is -2.37. The molecule has 0 spiro atoms. The monoisotopic (exact) mass is 400 g/mol. The van der Waals surface area contributed by atoms with Crippen molar-refractivity contribution in [2.24, 2.45) is 0 Å². The van der Waals surface area contributed by atoms with Gasteiger partial charge in [0.15, 0.2) is 21.6 Å². The minimum Gasteiger partial charge on any atom is -0.388 e. The molecule has 1 aromatic rings. The van der Waals surface area contributed by atoms with Crippen molar-refractivity contribution >= 4 is 17.4 Å². The molecule has 2 rings (SSSR count). The minimum absolute atomic E-state index is 0.352. The lowest BCUT2D eigenvalue weighted by atomic mass is 10.1. The van der Waals surface area contributed by atoms with E-state index >= 15 is 0 Å². The Balaban J connectivity index is 2.11. The Kier molecular flexibility index (Phi) is 5.68. The van der Waals surface area contributed by atoms with E-state index in [1.165, 1.54) is 0 Å². The Morgan fingerprint density at radius 3 is 2.44 bits per heavy atom. The van der Waals surface area contributed by atoms with Crippen LogP contribution in [-0.4, -0.2) is 67.5 Å². The molecular weight excluding hydrogens is 383 g/mol. The van der Waals surface area contributed by atoms with Crippen LogP contribution in [0.2, 0.25) is 0 Å². The largest absolute Gasteiger partial charge is 0.388 e. The number of sulfone groups is 1. The molecule has 14 heteroatoms. The van der Waals surface area contributed by atoms with Crippen LogP contribution in [0.5, 0.6) is 0 Å². The van der Waals surface area contributed by atoms with Gasteiger partial charge < -0.3 is 24.7 Å². The number of hydrogen-bond donors (Lipinski definition) is 5. The number of ether oxygens (including phenoxy) is 1. The highest BCUT2D eigenvalue weighted by Crippen LogP contribution is 2.37. The Morgan fingerprint density at radius 1 is 1.24 bits per heavy atom. The SMILES string of the molecule is O=c1ccn([C@@H]2O[C@H](CCS(=O)(=O)CP(=O)(O)O)[C@@H](O)[C@H]2O)c(=O)[nH]1. The van der Waals surface area contributed by atoms with Crippen molar-refractivity contribution in [3.63, 3.8) is 0 Å². The lowest BCUT2D eigenvalue weighted by Gasteiger charge is -2.16. The van der Waals surface area contributed by atoms with Gasteiger partial charge in [-0.05, 0) is 6.42 Å². The predicted molar refractivity (Wildman–Crippen MR) is 82.6 cm³/mol. The molecular formula is C11H17N2O10PS.